The number of anilines is 2. The second kappa shape index (κ2) is 7.01. The predicted octanol–water partition coefficient (Wildman–Crippen LogP) is 3.52. The van der Waals surface area contributed by atoms with Crippen molar-refractivity contribution in [3.05, 3.63) is 59.7 Å². The van der Waals surface area contributed by atoms with Gasteiger partial charge in [0.2, 0.25) is 11.8 Å². The molecule has 1 saturated heterocycles. The summed E-state index contributed by atoms with van der Waals surface area (Å²) in [5, 5.41) is 2.43. The Labute approximate surface area is 144 Å². The van der Waals surface area contributed by atoms with E-state index < -0.39 is 23.5 Å². The zero-order valence-corrected chi connectivity index (χ0v) is 13.8. The molecule has 1 unspecified atom stereocenters. The molecule has 2 amide bonds. The van der Waals surface area contributed by atoms with Crippen molar-refractivity contribution in [3.8, 4) is 0 Å². The highest BCUT2D eigenvalue weighted by atomic mass is 19.1. The predicted molar refractivity (Wildman–Crippen MR) is 91.3 cm³/mol. The van der Waals surface area contributed by atoms with Crippen molar-refractivity contribution in [2.75, 3.05) is 16.8 Å². The van der Waals surface area contributed by atoms with E-state index in [1.54, 1.807) is 4.90 Å². The van der Waals surface area contributed by atoms with Gasteiger partial charge in [-0.05, 0) is 36.2 Å². The van der Waals surface area contributed by atoms with Gasteiger partial charge in [0.1, 0.15) is 11.6 Å². The van der Waals surface area contributed by atoms with E-state index in [0.29, 0.717) is 6.07 Å². The lowest BCUT2D eigenvalue weighted by atomic mass is 10.1. The van der Waals surface area contributed by atoms with Gasteiger partial charge in [-0.2, -0.15) is 0 Å². The molecule has 1 aliphatic heterocycles. The van der Waals surface area contributed by atoms with Gasteiger partial charge in [0.25, 0.3) is 0 Å². The van der Waals surface area contributed by atoms with Crippen LogP contribution in [0.5, 0.6) is 0 Å². The highest BCUT2D eigenvalue weighted by Gasteiger charge is 2.35. The Morgan fingerprint density at radius 2 is 1.92 bits per heavy atom. The zero-order valence-electron chi connectivity index (χ0n) is 13.8. The number of benzene rings is 2. The molecule has 0 radical (unpaired) electrons. The van der Waals surface area contributed by atoms with Crippen LogP contribution in [0.25, 0.3) is 0 Å². The van der Waals surface area contributed by atoms with E-state index >= 15 is 0 Å². The molecule has 0 aromatic heterocycles. The van der Waals surface area contributed by atoms with Crippen LogP contribution in [0.1, 0.15) is 18.9 Å². The molecule has 3 rings (SSSR count). The topological polar surface area (TPSA) is 49.4 Å². The Hall–Kier alpha value is -2.76. The molecule has 2 aromatic rings. The summed E-state index contributed by atoms with van der Waals surface area (Å²) >= 11 is 0. The summed E-state index contributed by atoms with van der Waals surface area (Å²) in [6, 6.07) is 10.6. The maximum Gasteiger partial charge on any atom is 0.229 e. The minimum atomic E-state index is -0.843. The van der Waals surface area contributed by atoms with Crippen LogP contribution < -0.4 is 10.2 Å². The van der Waals surface area contributed by atoms with Crippen LogP contribution in [0.4, 0.5) is 20.2 Å². The van der Waals surface area contributed by atoms with Crippen LogP contribution in [-0.2, 0) is 16.0 Å². The Kier molecular flexibility index (Phi) is 4.79. The van der Waals surface area contributed by atoms with Crippen LogP contribution in [0, 0.1) is 17.6 Å². The molecule has 0 spiro atoms. The van der Waals surface area contributed by atoms with E-state index in [1.807, 2.05) is 31.2 Å². The number of carbonyl (C=O) groups is 2. The summed E-state index contributed by atoms with van der Waals surface area (Å²) < 4.78 is 26.6. The first-order valence-corrected chi connectivity index (χ1v) is 8.13. The second-order valence-corrected chi connectivity index (χ2v) is 6.04. The summed E-state index contributed by atoms with van der Waals surface area (Å²) in [4.78, 5) is 26.1. The fourth-order valence-electron chi connectivity index (χ4n) is 2.87. The average Bonchev–Trinajstić information content (AvgIpc) is 2.99. The number of hydrogen-bond donors (Lipinski definition) is 1. The maximum atomic E-state index is 13.7. The molecule has 0 saturated carbocycles. The van der Waals surface area contributed by atoms with Crippen molar-refractivity contribution in [2.24, 2.45) is 5.92 Å². The SMILES string of the molecule is CCc1ccc(N2CC(C(=O)Nc3ccc(F)cc3F)CC2=O)cc1. The Bertz CT molecular complexity index is 806. The summed E-state index contributed by atoms with van der Waals surface area (Å²) in [6.07, 6.45) is 0.965. The van der Waals surface area contributed by atoms with Gasteiger partial charge >= 0.3 is 0 Å². The van der Waals surface area contributed by atoms with Gasteiger partial charge in [0.15, 0.2) is 0 Å². The fraction of sp³-hybridized carbons (Fsp3) is 0.263. The van der Waals surface area contributed by atoms with Gasteiger partial charge in [-0.1, -0.05) is 19.1 Å². The number of aryl methyl sites for hydroxylation is 1. The first kappa shape index (κ1) is 17.1. The second-order valence-electron chi connectivity index (χ2n) is 6.04. The first-order valence-electron chi connectivity index (χ1n) is 8.13. The van der Waals surface area contributed by atoms with Crippen LogP contribution in [0.3, 0.4) is 0 Å². The van der Waals surface area contributed by atoms with E-state index in [4.69, 9.17) is 0 Å². The smallest absolute Gasteiger partial charge is 0.229 e. The lowest BCUT2D eigenvalue weighted by Gasteiger charge is -2.17. The summed E-state index contributed by atoms with van der Waals surface area (Å²) in [5.41, 5.74) is 1.81. The number of hydrogen-bond acceptors (Lipinski definition) is 2. The number of nitrogens with one attached hydrogen (secondary N) is 1. The third kappa shape index (κ3) is 3.68. The van der Waals surface area contributed by atoms with Crippen LogP contribution in [0.15, 0.2) is 42.5 Å². The Balaban J connectivity index is 1.69. The van der Waals surface area contributed by atoms with E-state index in [1.165, 1.54) is 6.07 Å². The van der Waals surface area contributed by atoms with Crippen molar-refractivity contribution in [1.29, 1.82) is 0 Å². The van der Waals surface area contributed by atoms with Gasteiger partial charge in [-0.25, -0.2) is 8.78 Å². The molecule has 0 aliphatic carbocycles. The van der Waals surface area contributed by atoms with Gasteiger partial charge in [0.05, 0.1) is 11.6 Å². The van der Waals surface area contributed by atoms with Gasteiger partial charge < -0.3 is 10.2 Å². The third-order valence-corrected chi connectivity index (χ3v) is 4.34. The average molecular weight is 344 g/mol. The normalized spacial score (nSPS) is 17.0. The molecule has 6 heteroatoms. The molecule has 0 bridgehead atoms. The molecule has 4 nitrogen and oxygen atoms in total. The fourth-order valence-corrected chi connectivity index (χ4v) is 2.87. The van der Waals surface area contributed by atoms with E-state index in [-0.39, 0.29) is 24.6 Å². The van der Waals surface area contributed by atoms with Crippen molar-refractivity contribution >= 4 is 23.2 Å². The molecule has 1 fully saturated rings. The standard InChI is InChI=1S/C19H18F2N2O2/c1-2-12-3-6-15(7-4-12)23-11-13(9-18(23)24)19(25)22-17-8-5-14(20)10-16(17)21/h3-8,10,13H,2,9,11H2,1H3,(H,22,25). The largest absolute Gasteiger partial charge is 0.323 e. The monoisotopic (exact) mass is 344 g/mol. The maximum absolute atomic E-state index is 13.7. The highest BCUT2D eigenvalue weighted by molar-refractivity contribution is 6.03. The van der Waals surface area contributed by atoms with Crippen LogP contribution >= 0.6 is 0 Å². The van der Waals surface area contributed by atoms with Gasteiger partial charge in [-0.3, -0.25) is 9.59 Å². The van der Waals surface area contributed by atoms with Crippen LogP contribution in [0.2, 0.25) is 0 Å². The van der Waals surface area contributed by atoms with Crippen LogP contribution in [-0.4, -0.2) is 18.4 Å². The van der Waals surface area contributed by atoms with E-state index in [9.17, 15) is 18.4 Å². The Morgan fingerprint density at radius 1 is 1.20 bits per heavy atom. The first-order chi connectivity index (χ1) is 12.0. The quantitative estimate of drug-likeness (QED) is 0.923. The third-order valence-electron chi connectivity index (χ3n) is 4.34. The van der Waals surface area contributed by atoms with E-state index in [0.717, 1.165) is 23.7 Å². The number of nitrogens with zero attached hydrogens (tertiary/aromatic N) is 1. The molecular weight excluding hydrogens is 326 g/mol. The van der Waals surface area contributed by atoms with Crippen molar-refractivity contribution in [1.82, 2.24) is 0 Å². The summed E-state index contributed by atoms with van der Waals surface area (Å²) in [6.45, 7) is 2.28. The van der Waals surface area contributed by atoms with Crippen molar-refractivity contribution in [3.63, 3.8) is 0 Å². The molecule has 1 atom stereocenters. The minimum Gasteiger partial charge on any atom is -0.323 e. The van der Waals surface area contributed by atoms with Crippen molar-refractivity contribution in [2.45, 2.75) is 19.8 Å². The molecule has 25 heavy (non-hydrogen) atoms. The molecule has 2 aromatic carbocycles. The minimum absolute atomic E-state index is 0.0597. The molecule has 1 N–H and O–H groups in total. The van der Waals surface area contributed by atoms with Gasteiger partial charge in [0, 0.05) is 24.7 Å². The number of rotatable bonds is 4. The van der Waals surface area contributed by atoms with E-state index in [2.05, 4.69) is 5.32 Å². The van der Waals surface area contributed by atoms with Gasteiger partial charge in [-0.15, -0.1) is 0 Å². The molecule has 130 valence electrons. The zero-order chi connectivity index (χ0) is 18.0. The number of carbonyl (C=O) groups excluding carboxylic acids is 2. The molecular formula is C19H18F2N2O2. The Morgan fingerprint density at radius 3 is 2.56 bits per heavy atom. The highest BCUT2D eigenvalue weighted by Crippen LogP contribution is 2.27. The number of halogens is 2. The summed E-state index contributed by atoms with van der Waals surface area (Å²) in [5.74, 6) is -2.74. The lowest BCUT2D eigenvalue weighted by molar-refractivity contribution is -0.122. The summed E-state index contributed by atoms with van der Waals surface area (Å²) in [7, 11) is 0. The lowest BCUT2D eigenvalue weighted by Crippen LogP contribution is -2.28. The molecule has 1 heterocycles. The van der Waals surface area contributed by atoms with Crippen molar-refractivity contribution < 1.29 is 18.4 Å². The number of amides is 2. The molecule has 1 aliphatic rings.